The van der Waals surface area contributed by atoms with Crippen LogP contribution in [0, 0.1) is 0 Å². The van der Waals surface area contributed by atoms with Crippen LogP contribution in [-0.4, -0.2) is 21.7 Å². The van der Waals surface area contributed by atoms with Crippen molar-refractivity contribution in [1.82, 2.24) is 15.0 Å². The van der Waals surface area contributed by atoms with E-state index in [2.05, 4.69) is 219 Å². The lowest BCUT2D eigenvalue weighted by molar-refractivity contribution is 0.568. The zero-order valence-electron chi connectivity index (χ0n) is 39.0. The summed E-state index contributed by atoms with van der Waals surface area (Å²) in [4.78, 5) is 19.1. The van der Waals surface area contributed by atoms with Crippen LogP contribution >= 0.6 is 0 Å². The summed E-state index contributed by atoms with van der Waals surface area (Å²) in [6.07, 6.45) is 3.23. The van der Waals surface area contributed by atoms with Crippen LogP contribution in [-0.2, 0) is 21.7 Å². The summed E-state index contributed by atoms with van der Waals surface area (Å²) in [5, 5.41) is 4.88. The highest BCUT2D eigenvalue weighted by Gasteiger charge is 2.45. The van der Waals surface area contributed by atoms with E-state index in [1.807, 2.05) is 0 Å². The van der Waals surface area contributed by atoms with Gasteiger partial charge in [-0.05, 0) is 107 Å². The third-order valence-corrected chi connectivity index (χ3v) is 13.4. The van der Waals surface area contributed by atoms with Crippen molar-refractivity contribution in [2.75, 3.05) is 9.80 Å². The average molecular weight is 824 g/mol. The molecule has 0 saturated heterocycles. The molecule has 10 rings (SSSR count). The van der Waals surface area contributed by atoms with Crippen LogP contribution < -0.4 is 26.2 Å². The first-order valence-electron chi connectivity index (χ1n) is 22.5. The SMILES string of the molecule is CC(C)(C)c1cc(N2c3cc(-c4ncncn4)cc4c3B(c3ccc5ccccc5c32)c2ccc3ccccc3c2N4c2cc(C(C)(C)C)cc(C(C)(C)C)c2)cc(C(C)(C)C)c1. The largest absolute Gasteiger partial charge is 0.311 e. The maximum absolute atomic E-state index is 4.82. The summed E-state index contributed by atoms with van der Waals surface area (Å²) in [5.41, 5.74) is 16.7. The average Bonchev–Trinajstić information content (AvgIpc) is 3.24. The molecule has 314 valence electrons. The normalized spacial score (nSPS) is 13.9. The molecule has 0 fully saturated rings. The molecule has 0 N–H and O–H groups in total. The minimum Gasteiger partial charge on any atom is -0.311 e. The predicted octanol–water partition coefficient (Wildman–Crippen LogP) is 13.1. The maximum Gasteiger partial charge on any atom is 0.252 e. The van der Waals surface area contributed by atoms with Crippen LogP contribution in [0.3, 0.4) is 0 Å². The molecule has 2 aliphatic heterocycles. The van der Waals surface area contributed by atoms with E-state index >= 15 is 0 Å². The molecule has 8 aromatic rings. The lowest BCUT2D eigenvalue weighted by atomic mass is 9.33. The van der Waals surface area contributed by atoms with Gasteiger partial charge in [-0.25, -0.2) is 15.0 Å². The van der Waals surface area contributed by atoms with E-state index in [1.54, 1.807) is 12.7 Å². The predicted molar refractivity (Wildman–Crippen MR) is 269 cm³/mol. The highest BCUT2D eigenvalue weighted by molar-refractivity contribution is 7.00. The van der Waals surface area contributed by atoms with E-state index < -0.39 is 0 Å². The minimum absolute atomic E-state index is 0.0603. The summed E-state index contributed by atoms with van der Waals surface area (Å²) in [7, 11) is 0. The highest BCUT2D eigenvalue weighted by Crippen LogP contribution is 2.50. The summed E-state index contributed by atoms with van der Waals surface area (Å²) in [6, 6.07) is 46.6. The molecule has 6 heteroatoms. The van der Waals surface area contributed by atoms with Gasteiger partial charge in [-0.2, -0.15) is 0 Å². The fourth-order valence-corrected chi connectivity index (χ4v) is 9.78. The molecule has 0 bridgehead atoms. The van der Waals surface area contributed by atoms with Crippen molar-refractivity contribution in [3.05, 3.63) is 156 Å². The molecule has 0 spiro atoms. The Bertz CT molecular complexity index is 2870. The smallest absolute Gasteiger partial charge is 0.252 e. The van der Waals surface area contributed by atoms with Crippen LogP contribution in [0.5, 0.6) is 0 Å². The number of hydrogen-bond acceptors (Lipinski definition) is 5. The molecule has 2 aliphatic rings. The van der Waals surface area contributed by atoms with Crippen molar-refractivity contribution in [3.8, 4) is 11.4 Å². The van der Waals surface area contributed by atoms with Gasteiger partial charge in [-0.15, -0.1) is 0 Å². The Hall–Kier alpha value is -6.27. The number of hydrogen-bond donors (Lipinski definition) is 0. The number of aromatic nitrogens is 3. The van der Waals surface area contributed by atoms with Crippen LogP contribution in [0.15, 0.2) is 134 Å². The van der Waals surface area contributed by atoms with Crippen LogP contribution in [0.1, 0.15) is 105 Å². The second kappa shape index (κ2) is 14.1. The number of anilines is 6. The van der Waals surface area contributed by atoms with Gasteiger partial charge in [0.1, 0.15) is 12.7 Å². The van der Waals surface area contributed by atoms with Crippen LogP contribution in [0.2, 0.25) is 0 Å². The fourth-order valence-electron chi connectivity index (χ4n) is 9.78. The molecule has 0 amide bonds. The first kappa shape index (κ1) is 40.8. The zero-order chi connectivity index (χ0) is 44.4. The molecular formula is C57H58BN5. The van der Waals surface area contributed by atoms with Gasteiger partial charge < -0.3 is 9.80 Å². The molecule has 0 aliphatic carbocycles. The molecule has 3 heterocycles. The lowest BCUT2D eigenvalue weighted by Gasteiger charge is -2.45. The quantitative estimate of drug-likeness (QED) is 0.166. The topological polar surface area (TPSA) is 45.2 Å². The Morgan fingerprint density at radius 3 is 1.19 bits per heavy atom. The van der Waals surface area contributed by atoms with Gasteiger partial charge in [0.2, 0.25) is 0 Å². The van der Waals surface area contributed by atoms with Crippen molar-refractivity contribution in [3.63, 3.8) is 0 Å². The van der Waals surface area contributed by atoms with Gasteiger partial charge in [0.15, 0.2) is 5.82 Å². The maximum atomic E-state index is 4.82. The zero-order valence-corrected chi connectivity index (χ0v) is 39.0. The summed E-state index contributed by atoms with van der Waals surface area (Å²) < 4.78 is 0. The van der Waals surface area contributed by atoms with Gasteiger partial charge in [-0.3, -0.25) is 0 Å². The van der Waals surface area contributed by atoms with Crippen molar-refractivity contribution in [1.29, 1.82) is 0 Å². The van der Waals surface area contributed by atoms with Crippen molar-refractivity contribution in [2.24, 2.45) is 0 Å². The number of benzene rings is 7. The third-order valence-electron chi connectivity index (χ3n) is 13.4. The molecule has 0 atom stereocenters. The Kier molecular flexibility index (Phi) is 9.14. The standard InChI is InChI=1S/C57H58BN5/c1-54(2,3)38-27-39(55(4,5)6)30-42(29-38)62-48-25-37(53-60-33-59-34-61-53)26-49-50(48)58(46-23-21-35-17-13-15-19-44(35)51(46)62)47-24-22-36-18-14-16-20-45(36)52(47)63(49)43-31-40(56(7,8)9)28-41(32-43)57(10,11)12/h13-34H,1-12H3. The van der Waals surface area contributed by atoms with Crippen molar-refractivity contribution >= 4 is 78.8 Å². The van der Waals surface area contributed by atoms with E-state index in [9.17, 15) is 0 Å². The minimum atomic E-state index is -0.0816. The van der Waals surface area contributed by atoms with E-state index in [0.717, 1.165) is 28.3 Å². The number of rotatable bonds is 3. The third kappa shape index (κ3) is 6.81. The van der Waals surface area contributed by atoms with Crippen LogP contribution in [0.25, 0.3) is 32.9 Å². The van der Waals surface area contributed by atoms with Gasteiger partial charge in [0, 0.05) is 50.5 Å². The fraction of sp³-hybridized carbons (Fsp3) is 0.281. The second-order valence-electron chi connectivity index (χ2n) is 22.0. The van der Waals surface area contributed by atoms with E-state index in [-0.39, 0.29) is 28.4 Å². The van der Waals surface area contributed by atoms with Gasteiger partial charge >= 0.3 is 0 Å². The lowest BCUT2D eigenvalue weighted by Crippen LogP contribution is -2.61. The Morgan fingerprint density at radius 1 is 0.429 bits per heavy atom. The van der Waals surface area contributed by atoms with Crippen LogP contribution in [0.4, 0.5) is 34.1 Å². The Labute approximate surface area is 374 Å². The van der Waals surface area contributed by atoms with Gasteiger partial charge in [0.05, 0.1) is 0 Å². The molecule has 7 aromatic carbocycles. The molecule has 0 saturated carbocycles. The first-order valence-corrected chi connectivity index (χ1v) is 22.5. The first-order chi connectivity index (χ1) is 29.8. The molecule has 0 unspecified atom stereocenters. The Balaban J connectivity index is 1.41. The summed E-state index contributed by atoms with van der Waals surface area (Å²) in [6.45, 7) is 27.9. The van der Waals surface area contributed by atoms with Crippen molar-refractivity contribution in [2.45, 2.75) is 105 Å². The Morgan fingerprint density at radius 2 is 0.810 bits per heavy atom. The van der Waals surface area contributed by atoms with Gasteiger partial charge in [-0.1, -0.05) is 168 Å². The molecule has 63 heavy (non-hydrogen) atoms. The monoisotopic (exact) mass is 823 g/mol. The molecule has 0 radical (unpaired) electrons. The molecule has 5 nitrogen and oxygen atoms in total. The highest BCUT2D eigenvalue weighted by atomic mass is 15.2. The summed E-state index contributed by atoms with van der Waals surface area (Å²) >= 11 is 0. The van der Waals surface area contributed by atoms with E-state index in [1.165, 1.54) is 71.6 Å². The second-order valence-corrected chi connectivity index (χ2v) is 22.0. The molecule has 1 aromatic heterocycles. The number of fused-ring (bicyclic) bond motifs is 8. The van der Waals surface area contributed by atoms with Gasteiger partial charge in [0.25, 0.3) is 6.71 Å². The van der Waals surface area contributed by atoms with Crippen molar-refractivity contribution < 1.29 is 0 Å². The van der Waals surface area contributed by atoms with E-state index in [4.69, 9.17) is 9.97 Å². The number of nitrogens with zero attached hydrogens (tertiary/aromatic N) is 5. The van der Waals surface area contributed by atoms with E-state index in [0.29, 0.717) is 5.82 Å². The summed E-state index contributed by atoms with van der Waals surface area (Å²) in [5.74, 6) is 0.644. The molecular weight excluding hydrogens is 765 g/mol.